The summed E-state index contributed by atoms with van der Waals surface area (Å²) in [6.07, 6.45) is 0.528. The lowest BCUT2D eigenvalue weighted by atomic mass is 10.2. The number of benzene rings is 1. The Kier molecular flexibility index (Phi) is 1.64. The van der Waals surface area contributed by atoms with Gasteiger partial charge in [-0.2, -0.15) is 0 Å². The van der Waals surface area contributed by atoms with E-state index in [1.165, 1.54) is 11.1 Å². The Balaban J connectivity index is 2.30. The predicted octanol–water partition coefficient (Wildman–Crippen LogP) is 2.21. The summed E-state index contributed by atoms with van der Waals surface area (Å²) in [5.74, 6) is 0. The summed E-state index contributed by atoms with van der Waals surface area (Å²) >= 11 is 5.94. The van der Waals surface area contributed by atoms with Crippen LogP contribution in [0.4, 0.5) is 0 Å². The van der Waals surface area contributed by atoms with Crippen LogP contribution in [0, 0.1) is 0 Å². The molecular weight excluding hydrogens is 198 g/mol. The van der Waals surface area contributed by atoms with Crippen LogP contribution in [-0.4, -0.2) is 15.8 Å². The van der Waals surface area contributed by atoms with Gasteiger partial charge in [-0.1, -0.05) is 17.7 Å². The molecule has 0 saturated carbocycles. The first kappa shape index (κ1) is 8.33. The number of aliphatic hydroxyl groups is 1. The number of aliphatic hydroxyl groups excluding tert-OH is 1. The second kappa shape index (κ2) is 2.75. The van der Waals surface area contributed by atoms with E-state index < -0.39 is 0 Å². The summed E-state index contributed by atoms with van der Waals surface area (Å²) in [5.41, 5.74) is 2.33. The molecule has 2 nitrogen and oxygen atoms in total. The maximum Gasteiger partial charge on any atom is 0.0773 e. The summed E-state index contributed by atoms with van der Waals surface area (Å²) < 4.78 is 2.14. The normalized spacial score (nSPS) is 20.3. The van der Waals surface area contributed by atoms with E-state index in [2.05, 4.69) is 10.6 Å². The molecule has 0 radical (unpaired) electrons. The molecule has 0 spiro atoms. The Morgan fingerprint density at radius 3 is 3.07 bits per heavy atom. The average molecular weight is 208 g/mol. The number of aromatic nitrogens is 1. The van der Waals surface area contributed by atoms with Crippen molar-refractivity contribution in [1.82, 2.24) is 4.57 Å². The van der Waals surface area contributed by atoms with Crippen LogP contribution < -0.4 is 0 Å². The van der Waals surface area contributed by atoms with E-state index in [4.69, 9.17) is 11.6 Å². The number of halogens is 1. The quantitative estimate of drug-likeness (QED) is 0.704. The summed E-state index contributed by atoms with van der Waals surface area (Å²) in [6.45, 7) is 0.694. The molecule has 0 fully saturated rings. The van der Waals surface area contributed by atoms with Gasteiger partial charge in [0.1, 0.15) is 0 Å². The fraction of sp³-hybridized carbons (Fsp3) is 0.273. The zero-order valence-corrected chi connectivity index (χ0v) is 8.33. The molecule has 0 amide bonds. The van der Waals surface area contributed by atoms with Crippen LogP contribution in [0.2, 0.25) is 5.02 Å². The highest BCUT2D eigenvalue weighted by molar-refractivity contribution is 6.31. The lowest BCUT2D eigenvalue weighted by Gasteiger charge is -2.02. The molecule has 0 bridgehead atoms. The third-order valence-electron chi connectivity index (χ3n) is 2.79. The van der Waals surface area contributed by atoms with E-state index >= 15 is 0 Å². The Labute approximate surface area is 86.7 Å². The largest absolute Gasteiger partial charge is 0.391 e. The van der Waals surface area contributed by atoms with Crippen LogP contribution in [0.3, 0.4) is 0 Å². The minimum absolute atomic E-state index is 0.228. The number of hydrogen-bond acceptors (Lipinski definition) is 1. The lowest BCUT2D eigenvalue weighted by Crippen LogP contribution is -2.06. The fourth-order valence-electron chi connectivity index (χ4n) is 2.19. The van der Waals surface area contributed by atoms with Crippen LogP contribution in [-0.2, 0) is 13.0 Å². The molecule has 2 aromatic rings. The zero-order valence-electron chi connectivity index (χ0n) is 7.57. The average Bonchev–Trinajstić information content (AvgIpc) is 2.62. The highest BCUT2D eigenvalue weighted by atomic mass is 35.5. The molecule has 3 rings (SSSR count). The Morgan fingerprint density at radius 2 is 2.21 bits per heavy atom. The zero-order chi connectivity index (χ0) is 9.71. The van der Waals surface area contributed by atoms with Crippen LogP contribution in [0.15, 0.2) is 24.3 Å². The summed E-state index contributed by atoms with van der Waals surface area (Å²) in [6, 6.07) is 8.01. The summed E-state index contributed by atoms with van der Waals surface area (Å²) in [7, 11) is 0. The molecule has 72 valence electrons. The number of hydrogen-bond donors (Lipinski definition) is 1. The SMILES string of the molecule is OC1Cc2cc3ccc(Cl)cc3n2C1. The molecule has 1 atom stereocenters. The first-order valence-corrected chi connectivity index (χ1v) is 5.07. The molecule has 2 heterocycles. The fourth-order valence-corrected chi connectivity index (χ4v) is 2.35. The minimum atomic E-state index is -0.228. The third kappa shape index (κ3) is 1.08. The third-order valence-corrected chi connectivity index (χ3v) is 3.03. The van der Waals surface area contributed by atoms with Gasteiger partial charge in [-0.05, 0) is 23.6 Å². The van der Waals surface area contributed by atoms with Crippen molar-refractivity contribution in [2.75, 3.05) is 0 Å². The molecular formula is C11H10ClNO. The molecule has 1 N–H and O–H groups in total. The molecule has 0 aliphatic carbocycles. The van der Waals surface area contributed by atoms with E-state index in [1.807, 2.05) is 18.2 Å². The molecule has 1 aromatic heterocycles. The molecule has 1 aliphatic rings. The second-order valence-corrected chi connectivity index (χ2v) is 4.24. The van der Waals surface area contributed by atoms with E-state index in [9.17, 15) is 5.11 Å². The van der Waals surface area contributed by atoms with Gasteiger partial charge in [-0.25, -0.2) is 0 Å². The molecule has 1 aromatic carbocycles. The van der Waals surface area contributed by atoms with Gasteiger partial charge in [0.2, 0.25) is 0 Å². The van der Waals surface area contributed by atoms with Crippen molar-refractivity contribution in [3.8, 4) is 0 Å². The van der Waals surface area contributed by atoms with Crippen LogP contribution >= 0.6 is 11.6 Å². The van der Waals surface area contributed by atoms with Gasteiger partial charge >= 0.3 is 0 Å². The van der Waals surface area contributed by atoms with Crippen molar-refractivity contribution in [3.05, 3.63) is 35.0 Å². The maximum absolute atomic E-state index is 9.51. The van der Waals surface area contributed by atoms with E-state index in [1.54, 1.807) is 0 Å². The van der Waals surface area contributed by atoms with Crippen LogP contribution in [0.1, 0.15) is 5.69 Å². The second-order valence-electron chi connectivity index (χ2n) is 3.81. The van der Waals surface area contributed by atoms with Crippen LogP contribution in [0.25, 0.3) is 10.9 Å². The number of fused-ring (bicyclic) bond motifs is 3. The van der Waals surface area contributed by atoms with Crippen molar-refractivity contribution in [2.45, 2.75) is 19.1 Å². The predicted molar refractivity (Wildman–Crippen MR) is 56.7 cm³/mol. The molecule has 0 saturated heterocycles. The summed E-state index contributed by atoms with van der Waals surface area (Å²) in [5, 5.41) is 11.5. The smallest absolute Gasteiger partial charge is 0.0773 e. The van der Waals surface area contributed by atoms with E-state index in [-0.39, 0.29) is 6.10 Å². The number of rotatable bonds is 0. The van der Waals surface area contributed by atoms with E-state index in [0.29, 0.717) is 6.54 Å². The molecule has 1 aliphatic heterocycles. The molecule has 3 heteroatoms. The maximum atomic E-state index is 9.51. The highest BCUT2D eigenvalue weighted by Gasteiger charge is 2.21. The van der Waals surface area contributed by atoms with Crippen molar-refractivity contribution >= 4 is 22.5 Å². The van der Waals surface area contributed by atoms with Crippen molar-refractivity contribution < 1.29 is 5.11 Å². The topological polar surface area (TPSA) is 25.2 Å². The summed E-state index contributed by atoms with van der Waals surface area (Å²) in [4.78, 5) is 0. The van der Waals surface area contributed by atoms with Crippen molar-refractivity contribution in [1.29, 1.82) is 0 Å². The first-order chi connectivity index (χ1) is 6.74. The Bertz CT molecular complexity index is 503. The molecule has 1 unspecified atom stereocenters. The van der Waals surface area contributed by atoms with Gasteiger partial charge in [0.05, 0.1) is 6.10 Å². The van der Waals surface area contributed by atoms with Gasteiger partial charge in [-0.3, -0.25) is 0 Å². The van der Waals surface area contributed by atoms with Gasteiger partial charge in [-0.15, -0.1) is 0 Å². The Morgan fingerprint density at radius 1 is 1.36 bits per heavy atom. The Hall–Kier alpha value is -0.990. The van der Waals surface area contributed by atoms with Crippen molar-refractivity contribution in [3.63, 3.8) is 0 Å². The van der Waals surface area contributed by atoms with Gasteiger partial charge in [0.25, 0.3) is 0 Å². The van der Waals surface area contributed by atoms with Gasteiger partial charge in [0, 0.05) is 29.2 Å². The lowest BCUT2D eigenvalue weighted by molar-refractivity contribution is 0.176. The monoisotopic (exact) mass is 207 g/mol. The van der Waals surface area contributed by atoms with Gasteiger partial charge < -0.3 is 9.67 Å². The molecule has 14 heavy (non-hydrogen) atoms. The minimum Gasteiger partial charge on any atom is -0.391 e. The van der Waals surface area contributed by atoms with Crippen molar-refractivity contribution in [2.24, 2.45) is 0 Å². The van der Waals surface area contributed by atoms with Crippen LogP contribution in [0.5, 0.6) is 0 Å². The van der Waals surface area contributed by atoms with Gasteiger partial charge in [0.15, 0.2) is 0 Å². The number of nitrogens with zero attached hydrogens (tertiary/aromatic N) is 1. The first-order valence-electron chi connectivity index (χ1n) is 4.70. The van der Waals surface area contributed by atoms with E-state index in [0.717, 1.165) is 17.0 Å². The highest BCUT2D eigenvalue weighted by Crippen LogP contribution is 2.28. The standard InChI is InChI=1S/C11H10ClNO/c12-8-2-1-7-3-9-5-10(14)6-13(9)11(7)4-8/h1-4,10,14H,5-6H2.